The molecule has 3 heteroatoms. The van der Waals surface area contributed by atoms with E-state index in [0.717, 1.165) is 17.1 Å². The molecule has 0 aliphatic carbocycles. The Morgan fingerprint density at radius 2 is 0.705 bits per heavy atom. The number of para-hydroxylation sites is 1. The molecule has 0 fully saturated rings. The molecule has 0 aliphatic heterocycles. The van der Waals surface area contributed by atoms with Gasteiger partial charge >= 0.3 is 0 Å². The number of nitrogens with zero attached hydrogens (tertiary/aromatic N) is 1. The number of fused-ring (bicyclic) bond motifs is 7. The van der Waals surface area contributed by atoms with Gasteiger partial charge in [-0.1, -0.05) is 176 Å². The summed E-state index contributed by atoms with van der Waals surface area (Å²) in [6, 6.07) is 82.4. The first-order valence-corrected chi connectivity index (χ1v) is 22.4. The summed E-state index contributed by atoms with van der Waals surface area (Å²) in [7, 11) is 0. The van der Waals surface area contributed by atoms with Crippen LogP contribution in [0.1, 0.15) is 0 Å². The number of rotatable bonds is 7. The van der Waals surface area contributed by atoms with Crippen LogP contribution >= 0.6 is 22.7 Å². The van der Waals surface area contributed by atoms with Gasteiger partial charge in [0.05, 0.1) is 5.69 Å². The molecule has 2 heterocycles. The van der Waals surface area contributed by atoms with Gasteiger partial charge in [-0.3, -0.25) is 0 Å². The third-order valence-electron chi connectivity index (χ3n) is 12.1. The van der Waals surface area contributed by atoms with Gasteiger partial charge in [0, 0.05) is 57.3 Å². The molecule has 10 aromatic carbocycles. The van der Waals surface area contributed by atoms with E-state index in [4.69, 9.17) is 0 Å². The number of benzene rings is 10. The Morgan fingerprint density at radius 1 is 0.279 bits per heavy atom. The van der Waals surface area contributed by atoms with Crippen LogP contribution in [0.15, 0.2) is 224 Å². The highest BCUT2D eigenvalue weighted by Gasteiger charge is 2.19. The zero-order valence-electron chi connectivity index (χ0n) is 33.1. The minimum atomic E-state index is 1.10. The van der Waals surface area contributed by atoms with E-state index in [0.29, 0.717) is 0 Å². The van der Waals surface area contributed by atoms with Crippen molar-refractivity contribution < 1.29 is 0 Å². The van der Waals surface area contributed by atoms with E-state index < -0.39 is 0 Å². The SMILES string of the molecule is c1cc(-c2ccccc2N(c2ccc(-c3cccc4c3sc3ccccc34)cc2)c2ccc(-c3cccc4c3sc3ccccc34)cc2)cc(-c2cccc3ccccc23)c1. The fraction of sp³-hybridized carbons (Fsp3) is 0. The summed E-state index contributed by atoms with van der Waals surface area (Å²) < 4.78 is 5.30. The van der Waals surface area contributed by atoms with Crippen molar-refractivity contribution >= 4 is 90.9 Å². The molecule has 0 saturated carbocycles. The first-order chi connectivity index (χ1) is 30.2. The lowest BCUT2D eigenvalue weighted by atomic mass is 9.94. The molecule has 0 atom stereocenters. The summed E-state index contributed by atoms with van der Waals surface area (Å²) in [5.41, 5.74) is 13.1. The lowest BCUT2D eigenvalue weighted by molar-refractivity contribution is 1.28. The summed E-state index contributed by atoms with van der Waals surface area (Å²) in [5, 5.41) is 7.77. The van der Waals surface area contributed by atoms with Crippen molar-refractivity contribution in [3.63, 3.8) is 0 Å². The molecule has 0 N–H and O–H groups in total. The van der Waals surface area contributed by atoms with Gasteiger partial charge in [-0.05, 0) is 98.2 Å². The second kappa shape index (κ2) is 14.8. The zero-order valence-corrected chi connectivity index (χ0v) is 34.8. The van der Waals surface area contributed by atoms with Crippen LogP contribution in [-0.2, 0) is 0 Å². The largest absolute Gasteiger partial charge is 0.310 e. The molecule has 12 aromatic rings. The fourth-order valence-corrected chi connectivity index (χ4v) is 11.7. The highest BCUT2D eigenvalue weighted by atomic mass is 32.1. The highest BCUT2D eigenvalue weighted by Crippen LogP contribution is 2.46. The van der Waals surface area contributed by atoms with E-state index in [1.807, 2.05) is 22.7 Å². The third-order valence-corrected chi connectivity index (χ3v) is 14.5. The Hall–Kier alpha value is -7.30. The Morgan fingerprint density at radius 3 is 1.33 bits per heavy atom. The van der Waals surface area contributed by atoms with Gasteiger partial charge in [0.25, 0.3) is 0 Å². The Kier molecular flexibility index (Phi) is 8.62. The van der Waals surface area contributed by atoms with Crippen molar-refractivity contribution in [3.05, 3.63) is 224 Å². The zero-order chi connectivity index (χ0) is 40.3. The van der Waals surface area contributed by atoms with Gasteiger partial charge in [-0.2, -0.15) is 0 Å². The molecule has 0 spiro atoms. The van der Waals surface area contributed by atoms with E-state index in [2.05, 4.69) is 229 Å². The predicted molar refractivity (Wildman–Crippen MR) is 266 cm³/mol. The molecule has 2 aromatic heterocycles. The summed E-state index contributed by atoms with van der Waals surface area (Å²) in [6.07, 6.45) is 0. The normalized spacial score (nSPS) is 11.6. The van der Waals surface area contributed by atoms with Crippen LogP contribution in [0.2, 0.25) is 0 Å². The summed E-state index contributed by atoms with van der Waals surface area (Å²) in [5.74, 6) is 0. The first-order valence-electron chi connectivity index (χ1n) is 20.7. The summed E-state index contributed by atoms with van der Waals surface area (Å²) in [6.45, 7) is 0. The summed E-state index contributed by atoms with van der Waals surface area (Å²) >= 11 is 3.76. The van der Waals surface area contributed by atoms with E-state index in [9.17, 15) is 0 Å². The molecule has 286 valence electrons. The minimum Gasteiger partial charge on any atom is -0.310 e. The Balaban J connectivity index is 0.994. The van der Waals surface area contributed by atoms with E-state index in [1.54, 1.807) is 0 Å². The number of thiophene rings is 2. The first kappa shape index (κ1) is 35.6. The number of hydrogen-bond acceptors (Lipinski definition) is 3. The molecular formula is C58H37NS2. The van der Waals surface area contributed by atoms with Gasteiger partial charge in [0.1, 0.15) is 0 Å². The molecule has 0 bridgehead atoms. The maximum atomic E-state index is 2.42. The molecule has 61 heavy (non-hydrogen) atoms. The van der Waals surface area contributed by atoms with Gasteiger partial charge in [0.2, 0.25) is 0 Å². The number of hydrogen-bond donors (Lipinski definition) is 0. The molecule has 0 aliphatic rings. The monoisotopic (exact) mass is 811 g/mol. The maximum Gasteiger partial charge on any atom is 0.0540 e. The molecule has 0 unspecified atom stereocenters. The minimum absolute atomic E-state index is 1.10. The van der Waals surface area contributed by atoms with Crippen LogP contribution in [0, 0.1) is 0 Å². The van der Waals surface area contributed by atoms with Crippen molar-refractivity contribution in [1.82, 2.24) is 0 Å². The average Bonchev–Trinajstić information content (AvgIpc) is 3.91. The van der Waals surface area contributed by atoms with Crippen LogP contribution in [-0.4, -0.2) is 0 Å². The van der Waals surface area contributed by atoms with Gasteiger partial charge in [0.15, 0.2) is 0 Å². The second-order valence-electron chi connectivity index (χ2n) is 15.6. The quantitative estimate of drug-likeness (QED) is 0.155. The van der Waals surface area contributed by atoms with Crippen LogP contribution in [0.3, 0.4) is 0 Å². The molecule has 12 rings (SSSR count). The van der Waals surface area contributed by atoms with Crippen molar-refractivity contribution in [3.8, 4) is 44.5 Å². The fourth-order valence-electron chi connectivity index (χ4n) is 9.20. The van der Waals surface area contributed by atoms with Gasteiger partial charge < -0.3 is 4.90 Å². The second-order valence-corrected chi connectivity index (χ2v) is 17.7. The standard InChI is InChI=1S/C58H37NS2/c1-2-17-45-38(13-1)14-10-21-46(45)41-15-9-16-42(37-41)47-18-3-6-26-54(47)59(43-33-29-39(30-34-43)48-22-11-24-52-50-19-4-7-27-55(50)60-57(48)52)44-35-31-40(32-36-44)49-23-12-25-53-51-20-5-8-28-56(51)61-58(49)53/h1-37H. The Bertz CT molecular complexity index is 3430. The number of anilines is 3. The molecule has 0 radical (unpaired) electrons. The molecule has 0 saturated heterocycles. The van der Waals surface area contributed by atoms with E-state index in [1.165, 1.54) is 95.6 Å². The van der Waals surface area contributed by atoms with Crippen LogP contribution in [0.4, 0.5) is 17.1 Å². The predicted octanol–water partition coefficient (Wildman–Crippen LogP) is 17.7. The van der Waals surface area contributed by atoms with Crippen molar-refractivity contribution in [2.75, 3.05) is 4.90 Å². The lowest BCUT2D eigenvalue weighted by Gasteiger charge is -2.28. The van der Waals surface area contributed by atoms with Crippen molar-refractivity contribution in [2.45, 2.75) is 0 Å². The van der Waals surface area contributed by atoms with Crippen molar-refractivity contribution in [2.24, 2.45) is 0 Å². The van der Waals surface area contributed by atoms with Gasteiger partial charge in [-0.25, -0.2) is 0 Å². The van der Waals surface area contributed by atoms with Gasteiger partial charge in [-0.15, -0.1) is 22.7 Å². The van der Waals surface area contributed by atoms with Crippen LogP contribution in [0.5, 0.6) is 0 Å². The van der Waals surface area contributed by atoms with Crippen LogP contribution in [0.25, 0.3) is 95.6 Å². The third kappa shape index (κ3) is 6.13. The average molecular weight is 812 g/mol. The maximum absolute atomic E-state index is 2.42. The van der Waals surface area contributed by atoms with Crippen molar-refractivity contribution in [1.29, 1.82) is 0 Å². The molecule has 1 nitrogen and oxygen atoms in total. The molecule has 0 amide bonds. The highest BCUT2D eigenvalue weighted by molar-refractivity contribution is 7.26. The van der Waals surface area contributed by atoms with E-state index in [-0.39, 0.29) is 0 Å². The molecular weight excluding hydrogens is 775 g/mol. The summed E-state index contributed by atoms with van der Waals surface area (Å²) in [4.78, 5) is 2.42. The van der Waals surface area contributed by atoms with Crippen LogP contribution < -0.4 is 4.90 Å². The Labute approximate surface area is 362 Å². The van der Waals surface area contributed by atoms with E-state index >= 15 is 0 Å². The smallest absolute Gasteiger partial charge is 0.0540 e. The topological polar surface area (TPSA) is 3.24 Å². The lowest BCUT2D eigenvalue weighted by Crippen LogP contribution is -2.11.